The molecule has 0 aliphatic heterocycles. The molecular formula is C18H20N6O. The summed E-state index contributed by atoms with van der Waals surface area (Å²) in [4.78, 5) is 21.8. The number of aromatic amines is 1. The molecule has 0 saturated heterocycles. The minimum atomic E-state index is -0.171. The van der Waals surface area contributed by atoms with Crippen LogP contribution in [0.5, 0.6) is 0 Å². The molecule has 3 aromatic rings. The van der Waals surface area contributed by atoms with Gasteiger partial charge in [-0.25, -0.2) is 4.98 Å². The van der Waals surface area contributed by atoms with Crippen molar-refractivity contribution in [2.24, 2.45) is 7.05 Å². The van der Waals surface area contributed by atoms with E-state index in [0.29, 0.717) is 29.0 Å². The zero-order valence-electron chi connectivity index (χ0n) is 14.5. The van der Waals surface area contributed by atoms with Crippen molar-refractivity contribution in [1.29, 1.82) is 5.26 Å². The van der Waals surface area contributed by atoms with Gasteiger partial charge in [0.1, 0.15) is 11.2 Å². The van der Waals surface area contributed by atoms with Gasteiger partial charge >= 0.3 is 0 Å². The van der Waals surface area contributed by atoms with Crippen molar-refractivity contribution < 1.29 is 0 Å². The summed E-state index contributed by atoms with van der Waals surface area (Å²) in [5, 5.41) is 13.5. The summed E-state index contributed by atoms with van der Waals surface area (Å²) >= 11 is 0. The molecule has 2 aromatic heterocycles. The third kappa shape index (κ3) is 3.30. The molecule has 0 unspecified atom stereocenters. The molecule has 1 N–H and O–H groups in total. The maximum Gasteiger partial charge on any atom is 0.262 e. The first-order valence-electron chi connectivity index (χ1n) is 8.18. The third-order valence-corrected chi connectivity index (χ3v) is 4.48. The van der Waals surface area contributed by atoms with E-state index in [4.69, 9.17) is 5.26 Å². The molecule has 0 amide bonds. The van der Waals surface area contributed by atoms with Crippen molar-refractivity contribution >= 4 is 11.0 Å². The number of hydrogen-bond donors (Lipinski definition) is 1. The van der Waals surface area contributed by atoms with Gasteiger partial charge in [0, 0.05) is 13.1 Å². The normalized spacial score (nSPS) is 12.4. The fraction of sp³-hybridized carbons (Fsp3) is 0.333. The Hall–Kier alpha value is -2.98. The molecule has 0 spiro atoms. The summed E-state index contributed by atoms with van der Waals surface area (Å²) in [5.41, 5.74) is 2.17. The fourth-order valence-electron chi connectivity index (χ4n) is 2.91. The van der Waals surface area contributed by atoms with E-state index in [2.05, 4.69) is 39.9 Å². The van der Waals surface area contributed by atoms with Gasteiger partial charge in [0.05, 0.1) is 24.4 Å². The van der Waals surface area contributed by atoms with Crippen LogP contribution >= 0.6 is 0 Å². The summed E-state index contributed by atoms with van der Waals surface area (Å²) < 4.78 is 1.61. The molecule has 0 bridgehead atoms. The van der Waals surface area contributed by atoms with Crippen LogP contribution in [0.25, 0.3) is 11.0 Å². The minimum absolute atomic E-state index is 0.130. The van der Waals surface area contributed by atoms with Gasteiger partial charge in [0.2, 0.25) is 0 Å². The molecule has 0 radical (unpaired) electrons. The number of benzene rings is 1. The Labute approximate surface area is 145 Å². The van der Waals surface area contributed by atoms with Gasteiger partial charge in [-0.05, 0) is 31.2 Å². The van der Waals surface area contributed by atoms with Crippen molar-refractivity contribution in [3.63, 3.8) is 0 Å². The highest BCUT2D eigenvalue weighted by Crippen LogP contribution is 2.22. The fourth-order valence-corrected chi connectivity index (χ4v) is 2.91. The lowest BCUT2D eigenvalue weighted by molar-refractivity contribution is 0.207. The van der Waals surface area contributed by atoms with Crippen molar-refractivity contribution in [2.75, 3.05) is 6.54 Å². The van der Waals surface area contributed by atoms with Gasteiger partial charge in [0.15, 0.2) is 5.65 Å². The summed E-state index contributed by atoms with van der Waals surface area (Å²) in [6.07, 6.45) is 1.53. The molecule has 2 heterocycles. The molecule has 0 fully saturated rings. The Kier molecular flexibility index (Phi) is 4.63. The first kappa shape index (κ1) is 16.9. The SMILES string of the molecule is CCN(Cc1nc2c(cnn2C)c(=O)[nH]1)[C@@H](C)c1ccc(C#N)cc1. The van der Waals surface area contributed by atoms with E-state index in [9.17, 15) is 4.79 Å². The maximum atomic E-state index is 12.2. The van der Waals surface area contributed by atoms with E-state index in [0.717, 1.165) is 12.1 Å². The monoisotopic (exact) mass is 336 g/mol. The number of hydrogen-bond acceptors (Lipinski definition) is 5. The third-order valence-electron chi connectivity index (χ3n) is 4.48. The quantitative estimate of drug-likeness (QED) is 0.770. The number of aromatic nitrogens is 4. The lowest BCUT2D eigenvalue weighted by atomic mass is 10.0. The second-order valence-electron chi connectivity index (χ2n) is 5.99. The van der Waals surface area contributed by atoms with Gasteiger partial charge < -0.3 is 4.98 Å². The zero-order valence-corrected chi connectivity index (χ0v) is 14.5. The Morgan fingerprint density at radius 2 is 2.08 bits per heavy atom. The highest BCUT2D eigenvalue weighted by molar-refractivity contribution is 5.72. The van der Waals surface area contributed by atoms with E-state index < -0.39 is 0 Å². The van der Waals surface area contributed by atoms with Gasteiger partial charge in [-0.1, -0.05) is 19.1 Å². The lowest BCUT2D eigenvalue weighted by Gasteiger charge is -2.27. The van der Waals surface area contributed by atoms with Gasteiger partial charge in [-0.3, -0.25) is 14.4 Å². The smallest absolute Gasteiger partial charge is 0.262 e. The molecule has 0 aliphatic carbocycles. The molecule has 25 heavy (non-hydrogen) atoms. The number of H-pyrrole nitrogens is 1. The topological polar surface area (TPSA) is 90.6 Å². The van der Waals surface area contributed by atoms with E-state index in [-0.39, 0.29) is 11.6 Å². The van der Waals surface area contributed by atoms with E-state index in [1.807, 2.05) is 24.3 Å². The van der Waals surface area contributed by atoms with Gasteiger partial charge in [0.25, 0.3) is 5.56 Å². The van der Waals surface area contributed by atoms with Crippen LogP contribution in [0.3, 0.4) is 0 Å². The number of nitriles is 1. The van der Waals surface area contributed by atoms with E-state index >= 15 is 0 Å². The first-order chi connectivity index (χ1) is 12.0. The van der Waals surface area contributed by atoms with E-state index in [1.165, 1.54) is 6.20 Å². The molecule has 0 saturated carbocycles. The van der Waals surface area contributed by atoms with Crippen molar-refractivity contribution in [3.05, 3.63) is 57.8 Å². The number of nitrogens with zero attached hydrogens (tertiary/aromatic N) is 5. The summed E-state index contributed by atoms with van der Waals surface area (Å²) in [6, 6.07) is 9.83. The van der Waals surface area contributed by atoms with Crippen molar-refractivity contribution in [3.8, 4) is 6.07 Å². The highest BCUT2D eigenvalue weighted by atomic mass is 16.1. The number of aryl methyl sites for hydroxylation is 1. The molecule has 3 rings (SSSR count). The molecule has 1 aromatic carbocycles. The van der Waals surface area contributed by atoms with Gasteiger partial charge in [-0.15, -0.1) is 0 Å². The van der Waals surface area contributed by atoms with Crippen LogP contribution in [0.4, 0.5) is 0 Å². The first-order valence-corrected chi connectivity index (χ1v) is 8.18. The predicted molar refractivity (Wildman–Crippen MR) is 94.8 cm³/mol. The number of fused-ring (bicyclic) bond motifs is 1. The Morgan fingerprint density at radius 3 is 2.72 bits per heavy atom. The summed E-state index contributed by atoms with van der Waals surface area (Å²) in [6.45, 7) is 5.49. The van der Waals surface area contributed by atoms with Crippen molar-refractivity contribution in [1.82, 2.24) is 24.6 Å². The maximum absolute atomic E-state index is 12.2. The number of rotatable bonds is 5. The standard InChI is InChI=1S/C18H20N6O/c1-4-24(12(2)14-7-5-13(9-19)6-8-14)11-16-21-17-15(18(25)22-16)10-20-23(17)3/h5-8,10,12H,4,11H2,1-3H3,(H,21,22,25)/t12-/m0/s1. The molecular weight excluding hydrogens is 316 g/mol. The molecule has 7 nitrogen and oxygen atoms in total. The van der Waals surface area contributed by atoms with Crippen LogP contribution < -0.4 is 5.56 Å². The molecule has 128 valence electrons. The Balaban J connectivity index is 1.87. The van der Waals surface area contributed by atoms with Gasteiger partial charge in [-0.2, -0.15) is 10.4 Å². The highest BCUT2D eigenvalue weighted by Gasteiger charge is 2.17. The predicted octanol–water partition coefficient (Wildman–Crippen LogP) is 2.11. The lowest BCUT2D eigenvalue weighted by Crippen LogP contribution is -2.28. The summed E-state index contributed by atoms with van der Waals surface area (Å²) in [7, 11) is 1.77. The van der Waals surface area contributed by atoms with Crippen molar-refractivity contribution in [2.45, 2.75) is 26.4 Å². The molecule has 7 heteroatoms. The Bertz CT molecular complexity index is 979. The summed E-state index contributed by atoms with van der Waals surface area (Å²) in [5.74, 6) is 0.614. The van der Waals surface area contributed by atoms with Crippen LogP contribution in [-0.2, 0) is 13.6 Å². The van der Waals surface area contributed by atoms with Crippen LogP contribution in [0.1, 0.15) is 36.8 Å². The Morgan fingerprint density at radius 1 is 1.36 bits per heavy atom. The largest absolute Gasteiger partial charge is 0.309 e. The van der Waals surface area contributed by atoms with Crippen LogP contribution in [0.15, 0.2) is 35.3 Å². The van der Waals surface area contributed by atoms with Crippen LogP contribution in [0.2, 0.25) is 0 Å². The zero-order chi connectivity index (χ0) is 18.0. The average Bonchev–Trinajstić information content (AvgIpc) is 3.01. The van der Waals surface area contributed by atoms with Crippen LogP contribution in [0, 0.1) is 11.3 Å². The average molecular weight is 336 g/mol. The number of nitrogens with one attached hydrogen (secondary N) is 1. The second kappa shape index (κ2) is 6.87. The second-order valence-corrected chi connectivity index (χ2v) is 5.99. The molecule has 0 aliphatic rings. The van der Waals surface area contributed by atoms with Crippen LogP contribution in [-0.4, -0.2) is 31.2 Å². The molecule has 1 atom stereocenters. The van der Waals surface area contributed by atoms with E-state index in [1.54, 1.807) is 11.7 Å². The minimum Gasteiger partial charge on any atom is -0.309 e.